The van der Waals surface area contributed by atoms with Crippen LogP contribution >= 0.6 is 0 Å². The minimum Gasteiger partial charge on any atom is -0.444 e. The fourth-order valence-electron chi connectivity index (χ4n) is 4.85. The lowest BCUT2D eigenvalue weighted by Gasteiger charge is -2.35. The second-order valence-electron chi connectivity index (χ2n) is 11.8. The van der Waals surface area contributed by atoms with Crippen molar-refractivity contribution in [3.63, 3.8) is 0 Å². The summed E-state index contributed by atoms with van der Waals surface area (Å²) in [5.74, 6) is 2.97. The number of fused-ring (bicyclic) bond motifs is 1. The van der Waals surface area contributed by atoms with Crippen LogP contribution in [0.3, 0.4) is 0 Å². The number of hydrogen-bond donors (Lipinski definition) is 3. The van der Waals surface area contributed by atoms with Gasteiger partial charge in [0.05, 0.1) is 16.7 Å². The molecule has 214 valence electrons. The maximum Gasteiger partial charge on any atom is 0.410 e. The Kier molecular flexibility index (Phi) is 7.44. The van der Waals surface area contributed by atoms with Crippen molar-refractivity contribution in [3.8, 4) is 11.3 Å². The quantitative estimate of drug-likeness (QED) is 0.274. The van der Waals surface area contributed by atoms with Gasteiger partial charge in [0, 0.05) is 57.1 Å². The van der Waals surface area contributed by atoms with Gasteiger partial charge in [0.25, 0.3) is 0 Å². The summed E-state index contributed by atoms with van der Waals surface area (Å²) in [7, 11) is 0. The number of rotatable bonds is 8. The number of pyridine rings is 1. The van der Waals surface area contributed by atoms with Gasteiger partial charge in [0.2, 0.25) is 5.95 Å². The summed E-state index contributed by atoms with van der Waals surface area (Å²) in [6, 6.07) is 12.1. The van der Waals surface area contributed by atoms with Crippen molar-refractivity contribution in [3.05, 3.63) is 54.5 Å². The summed E-state index contributed by atoms with van der Waals surface area (Å²) in [5.41, 5.74) is 4.29. The zero-order valence-corrected chi connectivity index (χ0v) is 23.9. The number of aromatic amines is 1. The van der Waals surface area contributed by atoms with Gasteiger partial charge in [0.15, 0.2) is 0 Å². The Labute approximate surface area is 239 Å². The Bertz CT molecular complexity index is 1520. The number of H-pyrrole nitrogens is 1. The lowest BCUT2D eigenvalue weighted by atomic mass is 10.1. The van der Waals surface area contributed by atoms with E-state index in [1.807, 2.05) is 51.1 Å². The molecule has 4 heterocycles. The lowest BCUT2D eigenvalue weighted by Crippen LogP contribution is -2.49. The van der Waals surface area contributed by atoms with E-state index in [1.165, 1.54) is 12.8 Å². The number of hydrogen-bond acceptors (Lipinski definition) is 9. The van der Waals surface area contributed by atoms with E-state index < -0.39 is 5.60 Å². The van der Waals surface area contributed by atoms with Crippen molar-refractivity contribution >= 4 is 34.7 Å². The molecule has 1 aromatic carbocycles. The van der Waals surface area contributed by atoms with Crippen molar-refractivity contribution in [2.45, 2.75) is 45.8 Å². The van der Waals surface area contributed by atoms with E-state index in [-0.39, 0.29) is 6.09 Å². The number of benzene rings is 1. The van der Waals surface area contributed by atoms with Gasteiger partial charge in [0.1, 0.15) is 23.6 Å². The third-order valence-electron chi connectivity index (χ3n) is 7.21. The third kappa shape index (κ3) is 7.10. The molecule has 3 aromatic heterocycles. The molecule has 1 aliphatic carbocycles. The Morgan fingerprint density at radius 3 is 2.63 bits per heavy atom. The number of nitrogens with one attached hydrogen (secondary N) is 3. The van der Waals surface area contributed by atoms with Gasteiger partial charge in [-0.05, 0) is 69.4 Å². The van der Waals surface area contributed by atoms with Crippen LogP contribution in [0.15, 0.2) is 48.9 Å². The first-order valence-corrected chi connectivity index (χ1v) is 14.3. The van der Waals surface area contributed by atoms with Crippen LogP contribution in [-0.4, -0.2) is 79.1 Å². The molecule has 0 spiro atoms. The number of carbonyl (C=O) groups is 1. The summed E-state index contributed by atoms with van der Waals surface area (Å²) >= 11 is 0. The Balaban J connectivity index is 1.07. The van der Waals surface area contributed by atoms with Crippen LogP contribution in [0.1, 0.15) is 39.2 Å². The molecule has 6 rings (SSSR count). The zero-order valence-electron chi connectivity index (χ0n) is 23.9. The highest BCUT2D eigenvalue weighted by Gasteiger charge is 2.26. The number of amides is 1. The van der Waals surface area contributed by atoms with Crippen molar-refractivity contribution in [2.24, 2.45) is 5.92 Å². The van der Waals surface area contributed by atoms with E-state index >= 15 is 0 Å². The van der Waals surface area contributed by atoms with Gasteiger partial charge in [-0.25, -0.2) is 24.7 Å². The van der Waals surface area contributed by atoms with Gasteiger partial charge < -0.3 is 25.3 Å². The first-order valence-electron chi connectivity index (χ1n) is 14.3. The molecule has 1 saturated heterocycles. The van der Waals surface area contributed by atoms with Gasteiger partial charge >= 0.3 is 6.09 Å². The van der Waals surface area contributed by atoms with E-state index in [0.717, 1.165) is 71.6 Å². The summed E-state index contributed by atoms with van der Waals surface area (Å²) in [5, 5.41) is 6.73. The minimum atomic E-state index is -0.482. The molecule has 0 radical (unpaired) electrons. The van der Waals surface area contributed by atoms with Gasteiger partial charge in [-0.1, -0.05) is 6.07 Å². The molecule has 41 heavy (non-hydrogen) atoms. The highest BCUT2D eigenvalue weighted by Crippen LogP contribution is 2.29. The Morgan fingerprint density at radius 2 is 1.85 bits per heavy atom. The average molecular weight is 556 g/mol. The molecule has 1 aliphatic heterocycles. The maximum atomic E-state index is 12.4. The Hall–Kier alpha value is -4.25. The molecule has 3 N–H and O–H groups in total. The van der Waals surface area contributed by atoms with E-state index in [0.29, 0.717) is 19.0 Å². The smallest absolute Gasteiger partial charge is 0.410 e. The molecular weight excluding hydrogens is 518 g/mol. The fraction of sp³-hybridized carbons (Fsp3) is 0.433. The third-order valence-corrected chi connectivity index (χ3v) is 7.21. The molecule has 2 aliphatic rings. The first kappa shape index (κ1) is 26.9. The molecular formula is C30H37N9O2. The molecule has 11 heteroatoms. The van der Waals surface area contributed by atoms with Crippen molar-refractivity contribution in [1.82, 2.24) is 34.7 Å². The molecule has 0 unspecified atom stereocenters. The highest BCUT2D eigenvalue weighted by molar-refractivity contribution is 5.83. The summed E-state index contributed by atoms with van der Waals surface area (Å²) in [6.45, 7) is 10.3. The van der Waals surface area contributed by atoms with Crippen molar-refractivity contribution in [2.75, 3.05) is 43.4 Å². The molecule has 0 bridgehead atoms. The molecule has 1 amide bonds. The molecule has 11 nitrogen and oxygen atoms in total. The number of aromatic nitrogens is 5. The monoisotopic (exact) mass is 555 g/mol. The number of nitrogens with zero attached hydrogens (tertiary/aromatic N) is 6. The topological polar surface area (TPSA) is 124 Å². The zero-order chi connectivity index (χ0) is 28.4. The maximum absolute atomic E-state index is 12.4. The van der Waals surface area contributed by atoms with E-state index in [9.17, 15) is 4.79 Å². The van der Waals surface area contributed by atoms with Crippen LogP contribution in [0.4, 0.5) is 22.4 Å². The second-order valence-corrected chi connectivity index (χ2v) is 11.8. The summed E-state index contributed by atoms with van der Waals surface area (Å²) in [6.07, 6.45) is 5.76. The fourth-order valence-corrected chi connectivity index (χ4v) is 4.85. The SMILES string of the molecule is CC(C)(C)OC(=O)N1CCN(Cc2ccnc(Nc3nc4ccc(-c5cc(NCC6CC6)ncn5)cc4[nH]3)c2)CC1. The predicted octanol–water partition coefficient (Wildman–Crippen LogP) is 5.03. The van der Waals surface area contributed by atoms with Gasteiger partial charge in [-0.2, -0.15) is 0 Å². The van der Waals surface area contributed by atoms with Crippen LogP contribution in [-0.2, 0) is 11.3 Å². The average Bonchev–Trinajstić information content (AvgIpc) is 3.69. The lowest BCUT2D eigenvalue weighted by molar-refractivity contribution is 0.0139. The van der Waals surface area contributed by atoms with Gasteiger partial charge in [-0.15, -0.1) is 0 Å². The number of imidazole rings is 1. The van der Waals surface area contributed by atoms with E-state index in [1.54, 1.807) is 17.4 Å². The number of ether oxygens (including phenoxy) is 1. The molecule has 4 aromatic rings. The predicted molar refractivity (Wildman–Crippen MR) is 159 cm³/mol. The largest absolute Gasteiger partial charge is 0.444 e. The standard InChI is InChI=1S/C30H37N9O2/c1-30(2,3)41-29(40)39-12-10-38(11-13-39)18-21-8-9-31-27(14-21)37-28-35-23-7-6-22(15-25(23)36-28)24-16-26(34-19-33-24)32-17-20-4-5-20/h6-9,14-16,19-20H,4-5,10-13,17-18H2,1-3H3,(H,32,33,34)(H2,31,35,36,37). The number of piperazine rings is 1. The Morgan fingerprint density at radius 1 is 1.02 bits per heavy atom. The van der Waals surface area contributed by atoms with Crippen molar-refractivity contribution in [1.29, 1.82) is 0 Å². The number of carbonyl (C=O) groups excluding carboxylic acids is 1. The molecule has 2 fully saturated rings. The summed E-state index contributed by atoms with van der Waals surface area (Å²) < 4.78 is 5.51. The van der Waals surface area contributed by atoms with Crippen LogP contribution in [0.2, 0.25) is 0 Å². The molecule has 1 saturated carbocycles. The van der Waals surface area contributed by atoms with Crippen LogP contribution < -0.4 is 10.6 Å². The second kappa shape index (κ2) is 11.3. The first-order chi connectivity index (χ1) is 19.8. The van der Waals surface area contributed by atoms with Crippen molar-refractivity contribution < 1.29 is 9.53 Å². The van der Waals surface area contributed by atoms with Gasteiger partial charge in [-0.3, -0.25) is 4.90 Å². The highest BCUT2D eigenvalue weighted by atomic mass is 16.6. The van der Waals surface area contributed by atoms with E-state index in [4.69, 9.17) is 9.72 Å². The van der Waals surface area contributed by atoms with Crippen LogP contribution in [0.25, 0.3) is 22.3 Å². The van der Waals surface area contributed by atoms with Crippen LogP contribution in [0.5, 0.6) is 0 Å². The van der Waals surface area contributed by atoms with E-state index in [2.05, 4.69) is 41.5 Å². The number of anilines is 3. The molecule has 0 atom stereocenters. The minimum absolute atomic E-state index is 0.242. The van der Waals surface area contributed by atoms with Crippen LogP contribution in [0, 0.1) is 5.92 Å². The normalized spacial score (nSPS) is 16.1. The summed E-state index contributed by atoms with van der Waals surface area (Å²) in [4.78, 5) is 37.9.